The molecule has 1 aliphatic heterocycles. The first-order chi connectivity index (χ1) is 16.7. The van der Waals surface area contributed by atoms with Gasteiger partial charge in [0.25, 0.3) is 11.8 Å². The zero-order valence-corrected chi connectivity index (χ0v) is 18.6. The summed E-state index contributed by atoms with van der Waals surface area (Å²) in [4.78, 5) is 27.4. The van der Waals surface area contributed by atoms with Gasteiger partial charge in [0.05, 0.1) is 12.2 Å². The maximum Gasteiger partial charge on any atom is 0.279 e. The summed E-state index contributed by atoms with van der Waals surface area (Å²) in [6.45, 7) is 0.577. The van der Waals surface area contributed by atoms with Gasteiger partial charge in [0.2, 0.25) is 0 Å². The molecular formula is C28H24N4O2. The van der Waals surface area contributed by atoms with Gasteiger partial charge >= 0.3 is 0 Å². The predicted octanol–water partition coefficient (Wildman–Crippen LogP) is 4.36. The summed E-state index contributed by atoms with van der Waals surface area (Å²) in [7, 11) is 0. The lowest BCUT2D eigenvalue weighted by atomic mass is 10.1. The van der Waals surface area contributed by atoms with Crippen molar-refractivity contribution in [1.82, 2.24) is 5.43 Å². The summed E-state index contributed by atoms with van der Waals surface area (Å²) < 4.78 is 0. The smallest absolute Gasteiger partial charge is 0.279 e. The van der Waals surface area contributed by atoms with Gasteiger partial charge in [-0.25, -0.2) is 5.43 Å². The molecule has 0 spiro atoms. The van der Waals surface area contributed by atoms with Gasteiger partial charge in [0.15, 0.2) is 5.71 Å². The zero-order chi connectivity index (χ0) is 23.3. The summed E-state index contributed by atoms with van der Waals surface area (Å²) in [5.74, 6) is -0.534. The van der Waals surface area contributed by atoms with Crippen molar-refractivity contribution >= 4 is 39.7 Å². The zero-order valence-electron chi connectivity index (χ0n) is 18.6. The molecule has 4 aromatic rings. The molecule has 34 heavy (non-hydrogen) atoms. The summed E-state index contributed by atoms with van der Waals surface area (Å²) >= 11 is 0. The van der Waals surface area contributed by atoms with Crippen molar-refractivity contribution in [2.45, 2.75) is 6.42 Å². The number of benzene rings is 4. The standard InChI is InChI=1S/C28H24N4O2/c33-26(19-29-24-15-8-12-21-11-4-5-13-22(21)24)30-31-27-23-14-6-7-16-25(23)32(28(27)34)18-17-20-9-2-1-3-10-20/h1-16,29H,17-19H2,(H,30,33)/b31-27-. The molecule has 6 nitrogen and oxygen atoms in total. The molecule has 1 heterocycles. The molecule has 0 bridgehead atoms. The van der Waals surface area contributed by atoms with Crippen LogP contribution in [-0.4, -0.2) is 30.6 Å². The number of carbonyl (C=O) groups is 2. The van der Waals surface area contributed by atoms with Gasteiger partial charge < -0.3 is 10.2 Å². The third kappa shape index (κ3) is 4.38. The van der Waals surface area contributed by atoms with Crippen LogP contribution in [0.2, 0.25) is 0 Å². The Labute approximate surface area is 197 Å². The van der Waals surface area contributed by atoms with Crippen LogP contribution < -0.4 is 15.6 Å². The second kappa shape index (κ2) is 9.58. The summed E-state index contributed by atoms with van der Waals surface area (Å²) in [6, 6.07) is 31.5. The quantitative estimate of drug-likeness (QED) is 0.413. The Balaban J connectivity index is 1.27. The predicted molar refractivity (Wildman–Crippen MR) is 136 cm³/mol. The maximum absolute atomic E-state index is 13.2. The molecule has 0 fully saturated rings. The van der Waals surface area contributed by atoms with Gasteiger partial charge in [0, 0.05) is 23.2 Å². The molecule has 0 aromatic heterocycles. The number of nitrogens with one attached hydrogen (secondary N) is 2. The van der Waals surface area contributed by atoms with Crippen molar-refractivity contribution in [2.24, 2.45) is 5.10 Å². The topological polar surface area (TPSA) is 73.8 Å². The molecule has 0 saturated heterocycles. The highest BCUT2D eigenvalue weighted by atomic mass is 16.2. The van der Waals surface area contributed by atoms with E-state index in [4.69, 9.17) is 0 Å². The van der Waals surface area contributed by atoms with E-state index in [2.05, 4.69) is 15.8 Å². The van der Waals surface area contributed by atoms with E-state index >= 15 is 0 Å². The van der Waals surface area contributed by atoms with E-state index in [-0.39, 0.29) is 24.1 Å². The van der Waals surface area contributed by atoms with E-state index in [0.717, 1.165) is 39.7 Å². The second-order valence-electron chi connectivity index (χ2n) is 8.09. The Kier molecular flexibility index (Phi) is 6.03. The van der Waals surface area contributed by atoms with Crippen LogP contribution in [0.3, 0.4) is 0 Å². The molecule has 0 radical (unpaired) electrons. The molecule has 0 saturated carbocycles. The van der Waals surface area contributed by atoms with Crippen LogP contribution in [-0.2, 0) is 16.0 Å². The third-order valence-electron chi connectivity index (χ3n) is 5.89. The Hall–Kier alpha value is -4.45. The van der Waals surface area contributed by atoms with Crippen LogP contribution in [0.1, 0.15) is 11.1 Å². The monoisotopic (exact) mass is 448 g/mol. The number of carbonyl (C=O) groups excluding carboxylic acids is 2. The first kappa shape index (κ1) is 21.4. The highest BCUT2D eigenvalue weighted by molar-refractivity contribution is 6.54. The van der Waals surface area contributed by atoms with Crippen LogP contribution in [0.25, 0.3) is 10.8 Å². The average molecular weight is 449 g/mol. The molecular weight excluding hydrogens is 424 g/mol. The summed E-state index contributed by atoms with van der Waals surface area (Å²) in [5.41, 5.74) is 6.36. The summed E-state index contributed by atoms with van der Waals surface area (Å²) in [5, 5.41) is 9.51. The van der Waals surface area contributed by atoms with Crippen molar-refractivity contribution in [3.05, 3.63) is 108 Å². The van der Waals surface area contributed by atoms with Gasteiger partial charge in [-0.1, -0.05) is 84.9 Å². The molecule has 0 atom stereocenters. The van der Waals surface area contributed by atoms with Gasteiger partial charge in [-0.2, -0.15) is 5.10 Å². The SMILES string of the molecule is O=C(CNc1cccc2ccccc12)N/N=C1\C(=O)N(CCc2ccccc2)c2ccccc21. The minimum Gasteiger partial charge on any atom is -0.376 e. The highest BCUT2D eigenvalue weighted by Gasteiger charge is 2.33. The van der Waals surface area contributed by atoms with Crippen LogP contribution >= 0.6 is 0 Å². The number of hydrogen-bond donors (Lipinski definition) is 2. The number of hydrazone groups is 1. The van der Waals surface area contributed by atoms with Crippen molar-refractivity contribution in [1.29, 1.82) is 0 Å². The number of fused-ring (bicyclic) bond motifs is 2. The van der Waals surface area contributed by atoms with Crippen molar-refractivity contribution < 1.29 is 9.59 Å². The molecule has 0 aliphatic carbocycles. The van der Waals surface area contributed by atoms with Crippen molar-refractivity contribution in [2.75, 3.05) is 23.3 Å². The van der Waals surface area contributed by atoms with Gasteiger partial charge in [-0.15, -0.1) is 0 Å². The van der Waals surface area contributed by atoms with E-state index in [1.165, 1.54) is 0 Å². The Morgan fingerprint density at radius 2 is 1.56 bits per heavy atom. The fourth-order valence-electron chi connectivity index (χ4n) is 4.19. The highest BCUT2D eigenvalue weighted by Crippen LogP contribution is 2.29. The number of nitrogens with zero attached hydrogens (tertiary/aromatic N) is 2. The van der Waals surface area contributed by atoms with E-state index < -0.39 is 0 Å². The number of hydrogen-bond acceptors (Lipinski definition) is 4. The molecule has 5 rings (SSSR count). The normalized spacial score (nSPS) is 13.8. The fourth-order valence-corrected chi connectivity index (χ4v) is 4.19. The van der Waals surface area contributed by atoms with Gasteiger partial charge in [-0.05, 0) is 29.5 Å². The number of para-hydroxylation sites is 1. The molecule has 2 amide bonds. The minimum atomic E-state index is -0.326. The molecule has 2 N–H and O–H groups in total. The lowest BCUT2D eigenvalue weighted by Crippen LogP contribution is -2.34. The number of rotatable bonds is 7. The maximum atomic E-state index is 13.2. The van der Waals surface area contributed by atoms with E-state index in [0.29, 0.717) is 6.54 Å². The Morgan fingerprint density at radius 1 is 0.824 bits per heavy atom. The van der Waals surface area contributed by atoms with Crippen molar-refractivity contribution in [3.63, 3.8) is 0 Å². The molecule has 4 aromatic carbocycles. The van der Waals surface area contributed by atoms with Crippen LogP contribution in [0.5, 0.6) is 0 Å². The Bertz CT molecular complexity index is 1380. The number of amides is 2. The molecule has 6 heteroatoms. The fraction of sp³-hybridized carbons (Fsp3) is 0.107. The van der Waals surface area contributed by atoms with E-state index in [1.54, 1.807) is 4.90 Å². The van der Waals surface area contributed by atoms with Gasteiger partial charge in [0.1, 0.15) is 0 Å². The van der Waals surface area contributed by atoms with Crippen LogP contribution in [0.15, 0.2) is 102 Å². The summed E-state index contributed by atoms with van der Waals surface area (Å²) in [6.07, 6.45) is 0.732. The van der Waals surface area contributed by atoms with Crippen LogP contribution in [0, 0.1) is 0 Å². The van der Waals surface area contributed by atoms with Crippen LogP contribution in [0.4, 0.5) is 11.4 Å². The largest absolute Gasteiger partial charge is 0.376 e. The Morgan fingerprint density at radius 3 is 2.44 bits per heavy atom. The van der Waals surface area contributed by atoms with E-state index in [1.807, 2.05) is 97.1 Å². The lowest BCUT2D eigenvalue weighted by Gasteiger charge is -2.16. The molecule has 1 aliphatic rings. The van der Waals surface area contributed by atoms with Gasteiger partial charge in [-0.3, -0.25) is 9.59 Å². The average Bonchev–Trinajstić information content (AvgIpc) is 3.15. The third-order valence-corrected chi connectivity index (χ3v) is 5.89. The molecule has 168 valence electrons. The van der Waals surface area contributed by atoms with Crippen molar-refractivity contribution in [3.8, 4) is 0 Å². The second-order valence-corrected chi connectivity index (χ2v) is 8.09. The first-order valence-electron chi connectivity index (χ1n) is 11.2. The number of anilines is 2. The molecule has 0 unspecified atom stereocenters. The first-order valence-corrected chi connectivity index (χ1v) is 11.2. The minimum absolute atomic E-state index is 0.0400. The van der Waals surface area contributed by atoms with E-state index in [9.17, 15) is 9.59 Å². The lowest BCUT2D eigenvalue weighted by molar-refractivity contribution is -0.119.